The Morgan fingerprint density at radius 1 is 1.40 bits per heavy atom. The highest BCUT2D eigenvalue weighted by molar-refractivity contribution is 5.99. The van der Waals surface area contributed by atoms with E-state index >= 15 is 0 Å². The number of rotatable bonds is 1. The third kappa shape index (κ3) is 3.03. The molecule has 3 aliphatic rings. The Morgan fingerprint density at radius 2 is 2.12 bits per heavy atom. The van der Waals surface area contributed by atoms with Gasteiger partial charge in [-0.2, -0.15) is 5.26 Å². The average Bonchev–Trinajstić information content (AvgIpc) is 3.24. The second-order valence-corrected chi connectivity index (χ2v) is 7.96. The van der Waals surface area contributed by atoms with Gasteiger partial charge in [0.2, 0.25) is 5.91 Å². The summed E-state index contributed by atoms with van der Waals surface area (Å²) in [6.07, 6.45) is 1.95. The molecule has 2 aliphatic heterocycles. The van der Waals surface area contributed by atoms with E-state index < -0.39 is 29.8 Å². The van der Waals surface area contributed by atoms with Crippen LogP contribution in [0.4, 0.5) is 4.79 Å². The van der Waals surface area contributed by atoms with Crippen LogP contribution in [0, 0.1) is 17.2 Å². The highest BCUT2D eigenvalue weighted by atomic mass is 16.6. The molecule has 1 saturated carbocycles. The van der Waals surface area contributed by atoms with Crippen LogP contribution in [0.25, 0.3) is 0 Å². The van der Waals surface area contributed by atoms with Gasteiger partial charge >= 0.3 is 6.09 Å². The quantitative estimate of drug-likeness (QED) is 0.574. The lowest BCUT2D eigenvalue weighted by molar-refractivity contribution is -0.137. The molecule has 2 bridgehead atoms. The lowest BCUT2D eigenvalue weighted by Crippen LogP contribution is -2.57. The molecule has 0 aromatic carbocycles. The number of piperidine rings is 1. The van der Waals surface area contributed by atoms with Crippen molar-refractivity contribution in [2.24, 2.45) is 11.1 Å². The van der Waals surface area contributed by atoms with Crippen molar-refractivity contribution >= 4 is 17.7 Å². The van der Waals surface area contributed by atoms with Gasteiger partial charge in [-0.15, -0.1) is 0 Å². The van der Waals surface area contributed by atoms with Crippen LogP contribution in [0.1, 0.15) is 46.5 Å². The minimum atomic E-state index is -0.689. The largest absolute Gasteiger partial charge is 0.444 e. The number of nitriles is 1. The topological polar surface area (TPSA) is 106 Å². The van der Waals surface area contributed by atoms with E-state index in [-0.39, 0.29) is 11.8 Å². The fourth-order valence-corrected chi connectivity index (χ4v) is 4.16. The van der Waals surface area contributed by atoms with Crippen LogP contribution in [0.15, 0.2) is 5.16 Å². The van der Waals surface area contributed by atoms with E-state index in [2.05, 4.69) is 11.2 Å². The summed E-state index contributed by atoms with van der Waals surface area (Å²) < 4.78 is 5.48. The van der Waals surface area contributed by atoms with Crippen molar-refractivity contribution in [2.75, 3.05) is 6.54 Å². The number of hydrogen-bond acceptors (Lipinski definition) is 6. The maximum atomic E-state index is 13.1. The monoisotopic (exact) mass is 348 g/mol. The molecule has 0 aromatic heterocycles. The van der Waals surface area contributed by atoms with Crippen LogP contribution in [0.5, 0.6) is 0 Å². The summed E-state index contributed by atoms with van der Waals surface area (Å²) in [6, 6.07) is 0.671. The summed E-state index contributed by atoms with van der Waals surface area (Å²) in [6.45, 7) is 5.84. The number of carbonyl (C=O) groups excluding carboxylic acids is 2. The maximum absolute atomic E-state index is 13.1. The molecule has 2 heterocycles. The molecule has 3 fully saturated rings. The van der Waals surface area contributed by atoms with E-state index in [4.69, 9.17) is 4.74 Å². The van der Waals surface area contributed by atoms with E-state index in [1.807, 2.05) is 0 Å². The van der Waals surface area contributed by atoms with Gasteiger partial charge in [0, 0.05) is 6.54 Å². The van der Waals surface area contributed by atoms with Gasteiger partial charge in [-0.05, 0) is 52.4 Å². The van der Waals surface area contributed by atoms with Gasteiger partial charge in [0.25, 0.3) is 0 Å². The molecule has 1 N–H and O–H groups in total. The molecule has 0 aromatic rings. The highest BCUT2D eigenvalue weighted by Gasteiger charge is 2.57. The van der Waals surface area contributed by atoms with Crippen molar-refractivity contribution in [1.82, 2.24) is 9.80 Å². The SMILES string of the molecule is CC(C)(C)OC(=O)N1[C@@H]2C[C@@H](C/C2=N\O)[C@H]1C(=O)N1CCC[C@H]1C#N. The Bertz CT molecular complexity index is 648. The van der Waals surface area contributed by atoms with Gasteiger partial charge in [0.1, 0.15) is 17.7 Å². The van der Waals surface area contributed by atoms with E-state index in [1.54, 1.807) is 25.7 Å². The zero-order valence-corrected chi connectivity index (χ0v) is 14.8. The van der Waals surface area contributed by atoms with Gasteiger partial charge in [-0.3, -0.25) is 9.69 Å². The van der Waals surface area contributed by atoms with Crippen molar-refractivity contribution in [2.45, 2.75) is 70.2 Å². The first-order valence-electron chi connectivity index (χ1n) is 8.69. The van der Waals surface area contributed by atoms with Gasteiger partial charge in [0.05, 0.1) is 17.8 Å². The van der Waals surface area contributed by atoms with Crippen LogP contribution in [-0.4, -0.2) is 63.0 Å². The van der Waals surface area contributed by atoms with Crippen LogP contribution in [0.2, 0.25) is 0 Å². The predicted octanol–water partition coefficient (Wildman–Crippen LogP) is 1.73. The van der Waals surface area contributed by atoms with Crippen LogP contribution < -0.4 is 0 Å². The zero-order valence-electron chi connectivity index (χ0n) is 14.8. The number of amides is 2. The Morgan fingerprint density at radius 3 is 2.72 bits per heavy atom. The standard InChI is InChI=1S/C17H24N4O4/c1-17(2,3)25-16(23)21-13-8-10(7-12(13)19-24)14(21)15(22)20-6-4-5-11(20)9-18/h10-11,13-14,24H,4-8H2,1-3H3/b19-12+/t10-,11+,13-,14+/m1/s1. The normalized spacial score (nSPS) is 33.0. The molecule has 0 spiro atoms. The summed E-state index contributed by atoms with van der Waals surface area (Å²) in [5.74, 6) is -0.296. The molecule has 1 aliphatic carbocycles. The summed E-state index contributed by atoms with van der Waals surface area (Å²) in [5, 5.41) is 21.8. The predicted molar refractivity (Wildman–Crippen MR) is 87.9 cm³/mol. The third-order valence-electron chi connectivity index (χ3n) is 5.13. The molecule has 4 atom stereocenters. The summed E-state index contributed by atoms with van der Waals surface area (Å²) in [4.78, 5) is 28.8. The van der Waals surface area contributed by atoms with E-state index in [9.17, 15) is 20.1 Å². The first kappa shape index (κ1) is 17.5. The molecule has 3 rings (SSSR count). The van der Waals surface area contributed by atoms with E-state index in [0.29, 0.717) is 31.5 Å². The summed E-state index contributed by atoms with van der Waals surface area (Å²) >= 11 is 0. The Balaban J connectivity index is 1.87. The van der Waals surface area contributed by atoms with E-state index in [1.165, 1.54) is 4.90 Å². The number of fused-ring (bicyclic) bond motifs is 2. The van der Waals surface area contributed by atoms with E-state index in [0.717, 1.165) is 6.42 Å². The van der Waals surface area contributed by atoms with Crippen molar-refractivity contribution in [3.8, 4) is 6.07 Å². The summed E-state index contributed by atoms with van der Waals surface area (Å²) in [5.41, 5.74) is -0.176. The van der Waals surface area contributed by atoms with Gasteiger partial charge < -0.3 is 14.8 Å². The number of nitrogens with zero attached hydrogens (tertiary/aromatic N) is 4. The minimum Gasteiger partial charge on any atom is -0.444 e. The second kappa shape index (κ2) is 6.21. The third-order valence-corrected chi connectivity index (χ3v) is 5.13. The summed E-state index contributed by atoms with van der Waals surface area (Å²) in [7, 11) is 0. The van der Waals surface area contributed by atoms with Crippen molar-refractivity contribution in [3.05, 3.63) is 0 Å². The molecule has 0 unspecified atom stereocenters. The molecule has 8 heteroatoms. The zero-order chi connectivity index (χ0) is 18.4. The fraction of sp³-hybridized carbons (Fsp3) is 0.765. The molecule has 8 nitrogen and oxygen atoms in total. The molecule has 2 saturated heterocycles. The second-order valence-electron chi connectivity index (χ2n) is 7.96. The van der Waals surface area contributed by atoms with Crippen molar-refractivity contribution in [1.29, 1.82) is 5.26 Å². The first-order chi connectivity index (χ1) is 11.8. The number of oxime groups is 1. The lowest BCUT2D eigenvalue weighted by Gasteiger charge is -2.37. The van der Waals surface area contributed by atoms with Crippen LogP contribution >= 0.6 is 0 Å². The average molecular weight is 348 g/mol. The van der Waals surface area contributed by atoms with Crippen LogP contribution in [-0.2, 0) is 9.53 Å². The Labute approximate surface area is 147 Å². The number of hydrogen-bond donors (Lipinski definition) is 1. The molecule has 0 radical (unpaired) electrons. The molecular weight excluding hydrogens is 324 g/mol. The van der Waals surface area contributed by atoms with Crippen molar-refractivity contribution < 1.29 is 19.5 Å². The van der Waals surface area contributed by atoms with Crippen LogP contribution in [0.3, 0.4) is 0 Å². The number of likely N-dealkylation sites (tertiary alicyclic amines) is 2. The van der Waals surface area contributed by atoms with Gasteiger partial charge in [-0.25, -0.2) is 4.79 Å². The highest BCUT2D eigenvalue weighted by Crippen LogP contribution is 2.43. The van der Waals surface area contributed by atoms with Crippen molar-refractivity contribution in [3.63, 3.8) is 0 Å². The Kier molecular flexibility index (Phi) is 4.35. The Hall–Kier alpha value is -2.30. The van der Waals surface area contributed by atoms with Gasteiger partial charge in [0.15, 0.2) is 0 Å². The fourth-order valence-electron chi connectivity index (χ4n) is 4.16. The smallest absolute Gasteiger partial charge is 0.411 e. The molecular formula is C17H24N4O4. The van der Waals surface area contributed by atoms with Gasteiger partial charge in [-0.1, -0.05) is 5.16 Å². The number of carbonyl (C=O) groups is 2. The molecule has 2 amide bonds. The lowest BCUT2D eigenvalue weighted by atomic mass is 9.96. The number of ether oxygens (including phenoxy) is 1. The molecule has 136 valence electrons. The first-order valence-corrected chi connectivity index (χ1v) is 8.69. The minimum absolute atomic E-state index is 0.101. The maximum Gasteiger partial charge on any atom is 0.411 e. The molecule has 25 heavy (non-hydrogen) atoms.